The Morgan fingerprint density at radius 2 is 2.36 bits per heavy atom. The summed E-state index contributed by atoms with van der Waals surface area (Å²) >= 11 is 0. The Labute approximate surface area is 80.1 Å². The van der Waals surface area contributed by atoms with Crippen molar-refractivity contribution in [1.82, 2.24) is 0 Å². The highest BCUT2D eigenvalue weighted by molar-refractivity contribution is 5.91. The topological polar surface area (TPSA) is 46.5 Å². The van der Waals surface area contributed by atoms with Crippen LogP contribution in [0, 0.1) is 0 Å². The maximum absolute atomic E-state index is 13.3. The molecule has 0 amide bonds. The predicted octanol–water partition coefficient (Wildman–Crippen LogP) is 2.18. The van der Waals surface area contributed by atoms with Gasteiger partial charge in [0, 0.05) is 12.0 Å². The van der Waals surface area contributed by atoms with Crippen LogP contribution in [0.15, 0.2) is 18.2 Å². The third-order valence-electron chi connectivity index (χ3n) is 2.23. The van der Waals surface area contributed by atoms with E-state index in [4.69, 9.17) is 9.84 Å². The highest BCUT2D eigenvalue weighted by Gasteiger charge is 2.25. The van der Waals surface area contributed by atoms with Gasteiger partial charge in [0.2, 0.25) is 0 Å². The van der Waals surface area contributed by atoms with E-state index < -0.39 is 12.1 Å². The van der Waals surface area contributed by atoms with Crippen LogP contribution in [-0.4, -0.2) is 17.7 Å². The van der Waals surface area contributed by atoms with Crippen molar-refractivity contribution in [2.75, 3.05) is 6.61 Å². The molecule has 0 bridgehead atoms. The third-order valence-corrected chi connectivity index (χ3v) is 2.23. The largest absolute Gasteiger partial charge is 0.492 e. The minimum absolute atomic E-state index is 0.0323. The molecule has 1 N–H and O–H groups in total. The molecule has 14 heavy (non-hydrogen) atoms. The maximum atomic E-state index is 13.3. The van der Waals surface area contributed by atoms with E-state index in [-0.39, 0.29) is 24.3 Å². The van der Waals surface area contributed by atoms with Crippen LogP contribution >= 0.6 is 0 Å². The van der Waals surface area contributed by atoms with E-state index in [2.05, 4.69) is 0 Å². The molecule has 0 saturated carbocycles. The van der Waals surface area contributed by atoms with Gasteiger partial charge in [-0.05, 0) is 6.07 Å². The van der Waals surface area contributed by atoms with E-state index in [1.807, 2.05) is 0 Å². The summed E-state index contributed by atoms with van der Waals surface area (Å²) in [6.07, 6.45) is -0.825. The van der Waals surface area contributed by atoms with Crippen molar-refractivity contribution in [3.63, 3.8) is 0 Å². The van der Waals surface area contributed by atoms with Crippen molar-refractivity contribution in [1.29, 1.82) is 0 Å². The van der Waals surface area contributed by atoms with Crippen LogP contribution in [0.3, 0.4) is 0 Å². The zero-order valence-electron chi connectivity index (χ0n) is 7.37. The molecule has 0 fully saturated rings. The van der Waals surface area contributed by atoms with Crippen molar-refractivity contribution in [3.8, 4) is 5.75 Å². The summed E-state index contributed by atoms with van der Waals surface area (Å²) in [7, 11) is 0. The summed E-state index contributed by atoms with van der Waals surface area (Å²) in [6, 6.07) is 4.51. The quantitative estimate of drug-likeness (QED) is 0.748. The Bertz CT molecular complexity index is 376. The van der Waals surface area contributed by atoms with Gasteiger partial charge in [0.15, 0.2) is 0 Å². The summed E-state index contributed by atoms with van der Waals surface area (Å²) in [5.74, 6) is -0.908. The van der Waals surface area contributed by atoms with Gasteiger partial charge in [0.05, 0.1) is 6.61 Å². The Morgan fingerprint density at radius 1 is 1.57 bits per heavy atom. The lowest BCUT2D eigenvalue weighted by Gasteiger charge is -2.21. The molecule has 1 aliphatic heterocycles. The van der Waals surface area contributed by atoms with Crippen LogP contribution in [0.1, 0.15) is 28.5 Å². The number of hydrogen-bond donors (Lipinski definition) is 1. The number of ether oxygens (including phenoxy) is 1. The summed E-state index contributed by atoms with van der Waals surface area (Å²) in [6.45, 7) is 0.235. The van der Waals surface area contributed by atoms with Crippen LogP contribution in [0.2, 0.25) is 0 Å². The van der Waals surface area contributed by atoms with Gasteiger partial charge < -0.3 is 9.84 Å². The van der Waals surface area contributed by atoms with E-state index >= 15 is 0 Å². The lowest BCUT2D eigenvalue weighted by Crippen LogP contribution is -2.14. The fraction of sp³-hybridized carbons (Fsp3) is 0.300. The fourth-order valence-corrected chi connectivity index (χ4v) is 1.55. The average molecular weight is 196 g/mol. The van der Waals surface area contributed by atoms with Crippen LogP contribution < -0.4 is 4.74 Å². The lowest BCUT2D eigenvalue weighted by atomic mass is 10.0. The first-order valence-electron chi connectivity index (χ1n) is 4.33. The van der Waals surface area contributed by atoms with E-state index in [0.717, 1.165) is 0 Å². The molecule has 74 valence electrons. The zero-order chi connectivity index (χ0) is 10.1. The van der Waals surface area contributed by atoms with Gasteiger partial charge in [-0.2, -0.15) is 0 Å². The number of halogens is 1. The molecule has 1 heterocycles. The Balaban J connectivity index is 2.55. The average Bonchev–Trinajstić information content (AvgIpc) is 2.17. The van der Waals surface area contributed by atoms with Crippen LogP contribution in [0.25, 0.3) is 0 Å². The van der Waals surface area contributed by atoms with Gasteiger partial charge in [0.1, 0.15) is 17.5 Å². The first-order chi connectivity index (χ1) is 6.70. The molecule has 1 atom stereocenters. The molecule has 4 heteroatoms. The summed E-state index contributed by atoms with van der Waals surface area (Å²) in [5.41, 5.74) is 0.376. The standard InChI is InChI=1S/C10H9FO3/c11-8-4-5-14-9-6(8)2-1-3-7(9)10(12)13/h1-3,8H,4-5H2,(H,12,13). The van der Waals surface area contributed by atoms with Gasteiger partial charge in [-0.3, -0.25) is 0 Å². The number of carboxylic acids is 1. The summed E-state index contributed by atoms with van der Waals surface area (Å²) < 4.78 is 18.5. The van der Waals surface area contributed by atoms with Crippen molar-refractivity contribution >= 4 is 5.97 Å². The van der Waals surface area contributed by atoms with Crippen molar-refractivity contribution < 1.29 is 19.0 Å². The minimum atomic E-state index is -1.11. The minimum Gasteiger partial charge on any atom is -0.492 e. The number of carboxylic acid groups (broad SMARTS) is 1. The molecule has 0 spiro atoms. The molecule has 3 nitrogen and oxygen atoms in total. The van der Waals surface area contributed by atoms with Crippen molar-refractivity contribution in [2.45, 2.75) is 12.6 Å². The van der Waals surface area contributed by atoms with Crippen LogP contribution in [-0.2, 0) is 0 Å². The SMILES string of the molecule is O=C(O)c1cccc2c1OCCC2F. The summed E-state index contributed by atoms with van der Waals surface area (Å²) in [5, 5.41) is 8.82. The molecule has 0 saturated heterocycles. The second kappa shape index (κ2) is 3.29. The first-order valence-corrected chi connectivity index (χ1v) is 4.33. The number of aromatic carboxylic acids is 1. The van der Waals surface area contributed by atoms with Crippen LogP contribution in [0.4, 0.5) is 4.39 Å². The molecular weight excluding hydrogens is 187 g/mol. The zero-order valence-corrected chi connectivity index (χ0v) is 7.37. The molecule has 1 aromatic rings. The Morgan fingerprint density at radius 3 is 3.07 bits per heavy atom. The fourth-order valence-electron chi connectivity index (χ4n) is 1.55. The summed E-state index contributed by atoms with van der Waals surface area (Å²) in [4.78, 5) is 10.8. The number of alkyl halides is 1. The van der Waals surface area contributed by atoms with Crippen molar-refractivity contribution in [2.24, 2.45) is 0 Å². The molecular formula is C10H9FO3. The highest BCUT2D eigenvalue weighted by atomic mass is 19.1. The van der Waals surface area contributed by atoms with E-state index in [0.29, 0.717) is 5.56 Å². The first kappa shape index (κ1) is 8.99. The van der Waals surface area contributed by atoms with Gasteiger partial charge in [-0.25, -0.2) is 9.18 Å². The molecule has 0 aromatic heterocycles. The van der Waals surface area contributed by atoms with E-state index in [1.165, 1.54) is 12.1 Å². The number of para-hydroxylation sites is 1. The van der Waals surface area contributed by atoms with Gasteiger partial charge >= 0.3 is 5.97 Å². The molecule has 1 unspecified atom stereocenters. The molecule has 1 aromatic carbocycles. The number of rotatable bonds is 1. The smallest absolute Gasteiger partial charge is 0.339 e. The monoisotopic (exact) mass is 196 g/mol. The van der Waals surface area contributed by atoms with E-state index in [9.17, 15) is 9.18 Å². The van der Waals surface area contributed by atoms with Gasteiger partial charge in [0.25, 0.3) is 0 Å². The second-order valence-electron chi connectivity index (χ2n) is 3.13. The maximum Gasteiger partial charge on any atom is 0.339 e. The third kappa shape index (κ3) is 1.32. The molecule has 1 aliphatic rings. The predicted molar refractivity (Wildman–Crippen MR) is 47.4 cm³/mol. The highest BCUT2D eigenvalue weighted by Crippen LogP contribution is 2.36. The van der Waals surface area contributed by atoms with Gasteiger partial charge in [-0.1, -0.05) is 12.1 Å². The molecule has 0 radical (unpaired) electrons. The van der Waals surface area contributed by atoms with E-state index in [1.54, 1.807) is 6.07 Å². The molecule has 0 aliphatic carbocycles. The van der Waals surface area contributed by atoms with Crippen LogP contribution in [0.5, 0.6) is 5.75 Å². The molecule has 2 rings (SSSR count). The number of hydrogen-bond acceptors (Lipinski definition) is 2. The lowest BCUT2D eigenvalue weighted by molar-refractivity contribution is 0.0689. The normalized spacial score (nSPS) is 19.6. The second-order valence-corrected chi connectivity index (χ2v) is 3.13. The van der Waals surface area contributed by atoms with Gasteiger partial charge in [-0.15, -0.1) is 0 Å². The number of fused-ring (bicyclic) bond motifs is 1. The Hall–Kier alpha value is -1.58. The van der Waals surface area contributed by atoms with Crippen molar-refractivity contribution in [3.05, 3.63) is 29.3 Å². The number of carbonyl (C=O) groups is 1. The number of benzene rings is 1. The Kier molecular flexibility index (Phi) is 2.11.